The van der Waals surface area contributed by atoms with Gasteiger partial charge in [-0.2, -0.15) is 11.8 Å². The highest BCUT2D eigenvalue weighted by molar-refractivity contribution is 8.00. The highest BCUT2D eigenvalue weighted by Gasteiger charge is 2.24. The van der Waals surface area contributed by atoms with Gasteiger partial charge >= 0.3 is 0 Å². The van der Waals surface area contributed by atoms with Crippen molar-refractivity contribution in [2.45, 2.75) is 39.4 Å². The number of hydrogen-bond acceptors (Lipinski definition) is 3. The Kier molecular flexibility index (Phi) is 7.21. The summed E-state index contributed by atoms with van der Waals surface area (Å²) in [4.78, 5) is 11.6. The number of guanidine groups is 1. The lowest BCUT2D eigenvalue weighted by Crippen LogP contribution is -2.49. The van der Waals surface area contributed by atoms with E-state index in [9.17, 15) is 0 Å². The average molecular weight is 335 g/mol. The molecule has 1 fully saturated rings. The first-order valence-electron chi connectivity index (χ1n) is 8.66. The number of aliphatic imine (C=N–C) groups is 1. The second-order valence-corrected chi connectivity index (χ2v) is 7.74. The van der Waals surface area contributed by atoms with E-state index in [-0.39, 0.29) is 0 Å². The highest BCUT2D eigenvalue weighted by atomic mass is 32.2. The van der Waals surface area contributed by atoms with Crippen LogP contribution in [0.15, 0.2) is 23.3 Å². The largest absolute Gasteiger partial charge is 0.357 e. The van der Waals surface area contributed by atoms with Crippen LogP contribution in [-0.2, 0) is 6.42 Å². The maximum Gasteiger partial charge on any atom is 0.193 e. The van der Waals surface area contributed by atoms with E-state index in [1.165, 1.54) is 11.3 Å². The lowest BCUT2D eigenvalue weighted by atomic mass is 10.1. The molecule has 1 saturated heterocycles. The molecule has 0 spiro atoms. The Morgan fingerprint density at radius 1 is 1.48 bits per heavy atom. The summed E-state index contributed by atoms with van der Waals surface area (Å²) < 4.78 is 0. The van der Waals surface area contributed by atoms with E-state index >= 15 is 0 Å². The average Bonchev–Trinajstić information content (AvgIpc) is 2.56. The van der Waals surface area contributed by atoms with Gasteiger partial charge in [-0.1, -0.05) is 19.9 Å². The maximum absolute atomic E-state index is 4.84. The van der Waals surface area contributed by atoms with Gasteiger partial charge < -0.3 is 10.2 Å². The third kappa shape index (κ3) is 5.72. The summed E-state index contributed by atoms with van der Waals surface area (Å²) >= 11 is 2.10. The molecule has 0 bridgehead atoms. The van der Waals surface area contributed by atoms with Crippen LogP contribution in [0.4, 0.5) is 0 Å². The molecule has 1 unspecified atom stereocenters. The van der Waals surface area contributed by atoms with Gasteiger partial charge in [-0.15, -0.1) is 0 Å². The molecule has 1 aromatic rings. The van der Waals surface area contributed by atoms with E-state index in [0.717, 1.165) is 44.3 Å². The molecule has 1 N–H and O–H groups in total. The van der Waals surface area contributed by atoms with Crippen molar-refractivity contribution in [3.8, 4) is 0 Å². The van der Waals surface area contributed by atoms with E-state index in [1.54, 1.807) is 0 Å². The summed E-state index contributed by atoms with van der Waals surface area (Å²) in [6.45, 7) is 12.7. The van der Waals surface area contributed by atoms with Crippen LogP contribution in [0.2, 0.25) is 0 Å². The van der Waals surface area contributed by atoms with Crippen molar-refractivity contribution < 1.29 is 0 Å². The van der Waals surface area contributed by atoms with E-state index in [4.69, 9.17) is 4.99 Å². The van der Waals surface area contributed by atoms with Crippen molar-refractivity contribution in [2.75, 3.05) is 31.9 Å². The molecule has 1 aromatic heterocycles. The molecule has 5 heteroatoms. The van der Waals surface area contributed by atoms with Gasteiger partial charge in [0.05, 0.1) is 0 Å². The van der Waals surface area contributed by atoms with Crippen LogP contribution in [-0.4, -0.2) is 53.0 Å². The summed E-state index contributed by atoms with van der Waals surface area (Å²) in [5.74, 6) is 2.97. The molecule has 0 aromatic carbocycles. The lowest BCUT2D eigenvalue weighted by Gasteiger charge is -2.36. The Labute approximate surface area is 145 Å². The monoisotopic (exact) mass is 334 g/mol. The first kappa shape index (κ1) is 18.1. The molecule has 2 heterocycles. The fourth-order valence-electron chi connectivity index (χ4n) is 2.63. The Morgan fingerprint density at radius 3 is 2.96 bits per heavy atom. The van der Waals surface area contributed by atoms with Gasteiger partial charge in [-0.05, 0) is 37.8 Å². The van der Waals surface area contributed by atoms with Crippen LogP contribution in [0.1, 0.15) is 32.0 Å². The normalized spacial score (nSPS) is 19.3. The minimum Gasteiger partial charge on any atom is -0.357 e. The molecule has 0 amide bonds. The zero-order chi connectivity index (χ0) is 16.7. The molecule has 23 heavy (non-hydrogen) atoms. The van der Waals surface area contributed by atoms with Crippen molar-refractivity contribution >= 4 is 17.7 Å². The Morgan fingerprint density at radius 2 is 2.30 bits per heavy atom. The SMILES string of the molecule is CCNC(=NCCc1ccc(C)nc1)N1CCSC(C(C)C)C1. The van der Waals surface area contributed by atoms with Crippen LogP contribution in [0.3, 0.4) is 0 Å². The van der Waals surface area contributed by atoms with Crippen molar-refractivity contribution in [1.29, 1.82) is 0 Å². The zero-order valence-corrected chi connectivity index (χ0v) is 15.7. The number of rotatable bonds is 5. The smallest absolute Gasteiger partial charge is 0.193 e. The van der Waals surface area contributed by atoms with Crippen LogP contribution in [0, 0.1) is 12.8 Å². The molecule has 2 rings (SSSR count). The van der Waals surface area contributed by atoms with Gasteiger partial charge in [-0.25, -0.2) is 0 Å². The summed E-state index contributed by atoms with van der Waals surface area (Å²) in [6, 6.07) is 4.22. The lowest BCUT2D eigenvalue weighted by molar-refractivity contribution is 0.381. The number of nitrogens with zero attached hydrogens (tertiary/aromatic N) is 3. The van der Waals surface area contributed by atoms with E-state index in [0.29, 0.717) is 11.2 Å². The van der Waals surface area contributed by atoms with Crippen molar-refractivity contribution in [1.82, 2.24) is 15.2 Å². The first-order chi connectivity index (χ1) is 11.1. The quantitative estimate of drug-likeness (QED) is 0.664. The van der Waals surface area contributed by atoms with E-state index in [1.807, 2.05) is 13.1 Å². The van der Waals surface area contributed by atoms with Gasteiger partial charge in [0.25, 0.3) is 0 Å². The number of hydrogen-bond donors (Lipinski definition) is 1. The number of nitrogens with one attached hydrogen (secondary N) is 1. The molecule has 1 atom stereocenters. The molecule has 1 aliphatic rings. The van der Waals surface area contributed by atoms with Crippen molar-refractivity contribution in [3.05, 3.63) is 29.6 Å². The molecule has 0 aliphatic carbocycles. The van der Waals surface area contributed by atoms with Gasteiger partial charge in [0.1, 0.15) is 0 Å². The third-order valence-corrected chi connectivity index (χ3v) is 5.65. The Balaban J connectivity index is 1.95. The van der Waals surface area contributed by atoms with Gasteiger partial charge in [-0.3, -0.25) is 9.98 Å². The van der Waals surface area contributed by atoms with E-state index in [2.05, 4.69) is 59.9 Å². The van der Waals surface area contributed by atoms with Gasteiger partial charge in [0.2, 0.25) is 0 Å². The minimum absolute atomic E-state index is 0.703. The standard InChI is InChI=1S/C18H30N4S/c1-5-19-18(22-10-11-23-17(13-22)14(2)3)20-9-8-16-7-6-15(4)21-12-16/h6-7,12,14,17H,5,8-11,13H2,1-4H3,(H,19,20). The predicted octanol–water partition coefficient (Wildman–Crippen LogP) is 2.97. The second kappa shape index (κ2) is 9.16. The minimum atomic E-state index is 0.703. The van der Waals surface area contributed by atoms with Gasteiger partial charge in [0, 0.05) is 49.1 Å². The summed E-state index contributed by atoms with van der Waals surface area (Å²) in [5, 5.41) is 4.16. The van der Waals surface area contributed by atoms with Crippen molar-refractivity contribution in [2.24, 2.45) is 10.9 Å². The number of aryl methyl sites for hydroxylation is 1. The molecular weight excluding hydrogens is 304 g/mol. The molecule has 128 valence electrons. The Bertz CT molecular complexity index is 498. The Hall–Kier alpha value is -1.23. The third-order valence-electron chi connectivity index (χ3n) is 4.11. The predicted molar refractivity (Wildman–Crippen MR) is 101 cm³/mol. The van der Waals surface area contributed by atoms with Crippen LogP contribution in [0.5, 0.6) is 0 Å². The highest BCUT2D eigenvalue weighted by Crippen LogP contribution is 2.24. The maximum atomic E-state index is 4.84. The van der Waals surface area contributed by atoms with Crippen LogP contribution in [0.25, 0.3) is 0 Å². The number of aromatic nitrogens is 1. The molecule has 0 saturated carbocycles. The number of pyridine rings is 1. The first-order valence-corrected chi connectivity index (χ1v) is 9.71. The topological polar surface area (TPSA) is 40.5 Å². The van der Waals surface area contributed by atoms with Crippen LogP contribution < -0.4 is 5.32 Å². The summed E-state index contributed by atoms with van der Waals surface area (Å²) in [6.07, 6.45) is 2.91. The summed E-state index contributed by atoms with van der Waals surface area (Å²) in [7, 11) is 0. The molecule has 0 radical (unpaired) electrons. The zero-order valence-electron chi connectivity index (χ0n) is 14.9. The van der Waals surface area contributed by atoms with Crippen molar-refractivity contribution in [3.63, 3.8) is 0 Å². The summed E-state index contributed by atoms with van der Waals surface area (Å²) in [5.41, 5.74) is 2.32. The number of thioether (sulfide) groups is 1. The fourth-order valence-corrected chi connectivity index (χ4v) is 3.93. The van der Waals surface area contributed by atoms with E-state index < -0.39 is 0 Å². The molecule has 1 aliphatic heterocycles. The fraction of sp³-hybridized carbons (Fsp3) is 0.667. The molecule has 4 nitrogen and oxygen atoms in total. The van der Waals surface area contributed by atoms with Crippen LogP contribution >= 0.6 is 11.8 Å². The van der Waals surface area contributed by atoms with Gasteiger partial charge in [0.15, 0.2) is 5.96 Å². The second-order valence-electron chi connectivity index (χ2n) is 6.39. The molecular formula is C18H30N4S.